The molecule has 8 heteroatoms. The van der Waals surface area contributed by atoms with Crippen LogP contribution in [0.4, 0.5) is 18.9 Å². The van der Waals surface area contributed by atoms with Crippen molar-refractivity contribution in [1.82, 2.24) is 5.32 Å². The Morgan fingerprint density at radius 2 is 1.94 bits per heavy atom. The minimum atomic E-state index is -1.54. The Hall–Kier alpha value is -0.920. The largest absolute Gasteiger partial charge is 0.324 e. The zero-order valence-electron chi connectivity index (χ0n) is 9.00. The van der Waals surface area contributed by atoms with E-state index in [0.717, 1.165) is 12.1 Å². The SMILES string of the molecule is Cl.O=C(Nc1cc(F)c(F)c(F)c1)C1CSCN1. The van der Waals surface area contributed by atoms with E-state index < -0.39 is 23.5 Å². The predicted octanol–water partition coefficient (Wildman–Crippen LogP) is 2.13. The van der Waals surface area contributed by atoms with Crippen molar-refractivity contribution in [2.45, 2.75) is 6.04 Å². The van der Waals surface area contributed by atoms with E-state index in [9.17, 15) is 18.0 Å². The summed E-state index contributed by atoms with van der Waals surface area (Å²) >= 11 is 1.55. The van der Waals surface area contributed by atoms with Crippen LogP contribution < -0.4 is 10.6 Å². The first kappa shape index (κ1) is 15.1. The van der Waals surface area contributed by atoms with Gasteiger partial charge in [0.15, 0.2) is 17.5 Å². The maximum Gasteiger partial charge on any atom is 0.242 e. The number of nitrogens with one attached hydrogen (secondary N) is 2. The third-order valence-corrected chi connectivity index (χ3v) is 3.22. The maximum absolute atomic E-state index is 12.9. The lowest BCUT2D eigenvalue weighted by Gasteiger charge is -2.10. The monoisotopic (exact) mass is 298 g/mol. The first-order chi connectivity index (χ1) is 8.08. The number of thioether (sulfide) groups is 1. The number of carbonyl (C=O) groups is 1. The van der Waals surface area contributed by atoms with Gasteiger partial charge in [0.1, 0.15) is 0 Å². The number of rotatable bonds is 2. The topological polar surface area (TPSA) is 41.1 Å². The molecule has 1 aliphatic rings. The van der Waals surface area contributed by atoms with Gasteiger partial charge in [0.2, 0.25) is 5.91 Å². The van der Waals surface area contributed by atoms with Gasteiger partial charge in [-0.15, -0.1) is 24.2 Å². The van der Waals surface area contributed by atoms with Crippen molar-refractivity contribution < 1.29 is 18.0 Å². The number of anilines is 1. The second-order valence-electron chi connectivity index (χ2n) is 3.51. The second kappa shape index (κ2) is 6.31. The first-order valence-electron chi connectivity index (χ1n) is 4.84. The van der Waals surface area contributed by atoms with Crippen molar-refractivity contribution in [2.75, 3.05) is 16.9 Å². The smallest absolute Gasteiger partial charge is 0.242 e. The van der Waals surface area contributed by atoms with E-state index >= 15 is 0 Å². The van der Waals surface area contributed by atoms with Crippen molar-refractivity contribution in [1.29, 1.82) is 0 Å². The molecule has 0 aliphatic carbocycles. The molecule has 0 saturated carbocycles. The number of carbonyl (C=O) groups excluding carboxylic acids is 1. The van der Waals surface area contributed by atoms with E-state index in [2.05, 4.69) is 10.6 Å². The molecule has 1 fully saturated rings. The third-order valence-electron chi connectivity index (χ3n) is 2.28. The van der Waals surface area contributed by atoms with Gasteiger partial charge in [0.25, 0.3) is 0 Å². The number of halogens is 4. The zero-order valence-corrected chi connectivity index (χ0v) is 10.6. The molecule has 18 heavy (non-hydrogen) atoms. The van der Waals surface area contributed by atoms with Crippen LogP contribution in [-0.2, 0) is 4.79 Å². The van der Waals surface area contributed by atoms with Gasteiger partial charge in [0, 0.05) is 29.4 Å². The van der Waals surface area contributed by atoms with E-state index in [4.69, 9.17) is 0 Å². The van der Waals surface area contributed by atoms with Crippen molar-refractivity contribution in [3.63, 3.8) is 0 Å². The van der Waals surface area contributed by atoms with Crippen LogP contribution in [0.2, 0.25) is 0 Å². The summed E-state index contributed by atoms with van der Waals surface area (Å²) in [7, 11) is 0. The summed E-state index contributed by atoms with van der Waals surface area (Å²) in [6, 6.07) is 1.10. The van der Waals surface area contributed by atoms with Crippen LogP contribution in [0.15, 0.2) is 12.1 Å². The number of amides is 1. The Kier molecular flexibility index (Phi) is 5.30. The highest BCUT2D eigenvalue weighted by atomic mass is 35.5. The van der Waals surface area contributed by atoms with Crippen molar-refractivity contribution in [3.05, 3.63) is 29.6 Å². The Morgan fingerprint density at radius 1 is 1.33 bits per heavy atom. The number of hydrogen-bond donors (Lipinski definition) is 2. The minimum absolute atomic E-state index is 0. The standard InChI is InChI=1S/C10H9F3N2OS.ClH/c11-6-1-5(2-7(12)9(6)13)15-10(16)8-3-17-4-14-8;/h1-2,8,14H,3-4H2,(H,15,16);1H. The van der Waals surface area contributed by atoms with E-state index in [1.54, 1.807) is 11.8 Å². The molecule has 1 heterocycles. The quantitative estimate of drug-likeness (QED) is 0.822. The molecule has 1 atom stereocenters. The van der Waals surface area contributed by atoms with E-state index in [1.165, 1.54) is 0 Å². The minimum Gasteiger partial charge on any atom is -0.324 e. The molecule has 1 unspecified atom stereocenters. The van der Waals surface area contributed by atoms with Gasteiger partial charge in [-0.3, -0.25) is 10.1 Å². The van der Waals surface area contributed by atoms with Crippen LogP contribution in [0.3, 0.4) is 0 Å². The van der Waals surface area contributed by atoms with Crippen LogP contribution in [0, 0.1) is 17.5 Å². The summed E-state index contributed by atoms with van der Waals surface area (Å²) in [6.07, 6.45) is 0. The Bertz CT molecular complexity index is 432. The van der Waals surface area contributed by atoms with E-state index in [1.807, 2.05) is 0 Å². The number of benzene rings is 1. The van der Waals surface area contributed by atoms with Gasteiger partial charge >= 0.3 is 0 Å². The maximum atomic E-state index is 12.9. The lowest BCUT2D eigenvalue weighted by Crippen LogP contribution is -2.37. The molecule has 1 aromatic carbocycles. The molecule has 0 spiro atoms. The molecule has 100 valence electrons. The lowest BCUT2D eigenvalue weighted by atomic mass is 10.2. The lowest BCUT2D eigenvalue weighted by molar-refractivity contribution is -0.117. The summed E-state index contributed by atoms with van der Waals surface area (Å²) in [6.45, 7) is 0. The summed E-state index contributed by atoms with van der Waals surface area (Å²) in [5.74, 6) is -3.33. The molecule has 2 rings (SSSR count). The van der Waals surface area contributed by atoms with Gasteiger partial charge in [-0.1, -0.05) is 0 Å². The van der Waals surface area contributed by atoms with E-state index in [0.29, 0.717) is 11.6 Å². The average Bonchev–Trinajstić information content (AvgIpc) is 2.79. The Labute approximate surface area is 112 Å². The molecule has 1 saturated heterocycles. The highest BCUT2D eigenvalue weighted by molar-refractivity contribution is 7.99. The fourth-order valence-electron chi connectivity index (χ4n) is 1.42. The normalized spacial score (nSPS) is 18.3. The van der Waals surface area contributed by atoms with E-state index in [-0.39, 0.29) is 24.0 Å². The van der Waals surface area contributed by atoms with Crippen molar-refractivity contribution in [2.24, 2.45) is 0 Å². The highest BCUT2D eigenvalue weighted by Crippen LogP contribution is 2.18. The van der Waals surface area contributed by atoms with Crippen LogP contribution in [-0.4, -0.2) is 23.6 Å². The molecule has 0 bridgehead atoms. The second-order valence-corrected chi connectivity index (χ2v) is 4.55. The fraction of sp³-hybridized carbons (Fsp3) is 0.300. The highest BCUT2D eigenvalue weighted by Gasteiger charge is 2.23. The van der Waals surface area contributed by atoms with Gasteiger partial charge in [0.05, 0.1) is 6.04 Å². The predicted molar refractivity (Wildman–Crippen MR) is 66.4 cm³/mol. The van der Waals surface area contributed by atoms with Crippen molar-refractivity contribution >= 4 is 35.8 Å². The van der Waals surface area contributed by atoms with Crippen LogP contribution in [0.1, 0.15) is 0 Å². The molecule has 0 aromatic heterocycles. The summed E-state index contributed by atoms with van der Waals surface area (Å²) in [5.41, 5.74) is -0.0925. The molecule has 1 amide bonds. The average molecular weight is 299 g/mol. The summed E-state index contributed by atoms with van der Waals surface area (Å²) < 4.78 is 38.4. The molecule has 2 N–H and O–H groups in total. The van der Waals surface area contributed by atoms with Gasteiger partial charge < -0.3 is 5.32 Å². The fourth-order valence-corrected chi connectivity index (χ4v) is 2.36. The Balaban J connectivity index is 0.00000162. The third kappa shape index (κ3) is 3.30. The molecule has 1 aromatic rings. The molecule has 0 radical (unpaired) electrons. The molecule has 1 aliphatic heterocycles. The summed E-state index contributed by atoms with van der Waals surface area (Å²) in [4.78, 5) is 11.6. The molecule has 3 nitrogen and oxygen atoms in total. The molecular formula is C10H10ClF3N2OS. The first-order valence-corrected chi connectivity index (χ1v) is 6.00. The van der Waals surface area contributed by atoms with Crippen LogP contribution >= 0.6 is 24.2 Å². The van der Waals surface area contributed by atoms with Crippen LogP contribution in [0.25, 0.3) is 0 Å². The van der Waals surface area contributed by atoms with Gasteiger partial charge in [-0.05, 0) is 0 Å². The summed E-state index contributed by atoms with van der Waals surface area (Å²) in [5, 5.41) is 5.24. The Morgan fingerprint density at radius 3 is 2.44 bits per heavy atom. The van der Waals surface area contributed by atoms with Crippen molar-refractivity contribution in [3.8, 4) is 0 Å². The zero-order chi connectivity index (χ0) is 12.4. The van der Waals surface area contributed by atoms with Crippen LogP contribution in [0.5, 0.6) is 0 Å². The van der Waals surface area contributed by atoms with Gasteiger partial charge in [-0.25, -0.2) is 13.2 Å². The molecular weight excluding hydrogens is 289 g/mol. The van der Waals surface area contributed by atoms with Gasteiger partial charge in [-0.2, -0.15) is 0 Å². The number of hydrogen-bond acceptors (Lipinski definition) is 3.